The number of carboxylic acid groups (broad SMARTS) is 1. The summed E-state index contributed by atoms with van der Waals surface area (Å²) in [6.07, 6.45) is 1.58. The monoisotopic (exact) mass is 383 g/mol. The van der Waals surface area contributed by atoms with Crippen molar-refractivity contribution in [3.8, 4) is 0 Å². The summed E-state index contributed by atoms with van der Waals surface area (Å²) in [5.74, 6) is -2.27. The molecule has 1 fully saturated rings. The van der Waals surface area contributed by atoms with E-state index in [4.69, 9.17) is 5.73 Å². The minimum atomic E-state index is -1.73. The molecule has 0 radical (unpaired) electrons. The van der Waals surface area contributed by atoms with E-state index in [1.165, 1.54) is 13.0 Å². The molecule has 0 aliphatic carbocycles. The molecule has 0 amide bonds. The Bertz CT molecular complexity index is 956. The maximum absolute atomic E-state index is 14.7. The van der Waals surface area contributed by atoms with Gasteiger partial charge in [-0.05, 0) is 25.5 Å². The van der Waals surface area contributed by atoms with E-state index >= 15 is 0 Å². The highest BCUT2D eigenvalue weighted by Gasteiger charge is 2.31. The van der Waals surface area contributed by atoms with Crippen LogP contribution in [0.3, 0.4) is 0 Å². The summed E-state index contributed by atoms with van der Waals surface area (Å²) in [4.78, 5) is 25.6. The highest BCUT2D eigenvalue weighted by molar-refractivity contribution is 5.93. The Morgan fingerprint density at radius 2 is 2.04 bits per heavy atom. The molecule has 0 saturated carbocycles. The molecule has 2 aromatic rings. The number of anilines is 1. The van der Waals surface area contributed by atoms with Gasteiger partial charge in [-0.15, -0.1) is 0 Å². The van der Waals surface area contributed by atoms with Gasteiger partial charge in [0.05, 0.1) is 16.7 Å². The summed E-state index contributed by atoms with van der Waals surface area (Å²) < 4.78 is 43.0. The predicted octanol–water partition coefficient (Wildman–Crippen LogP) is 2.03. The molecule has 3 N–H and O–H groups in total. The van der Waals surface area contributed by atoms with E-state index in [0.717, 1.165) is 16.8 Å². The van der Waals surface area contributed by atoms with Crippen LogP contribution >= 0.6 is 0 Å². The molecule has 0 bridgehead atoms. The third-order valence-corrected chi connectivity index (χ3v) is 5.03. The fraction of sp³-hybridized carbons (Fsp3) is 0.444. The number of pyridine rings is 1. The first-order valence-corrected chi connectivity index (χ1v) is 8.47. The van der Waals surface area contributed by atoms with Gasteiger partial charge in [-0.25, -0.2) is 18.0 Å². The van der Waals surface area contributed by atoms with Crippen molar-refractivity contribution in [3.05, 3.63) is 39.9 Å². The van der Waals surface area contributed by atoms with E-state index in [1.54, 1.807) is 4.90 Å². The highest BCUT2D eigenvalue weighted by Crippen LogP contribution is 2.31. The summed E-state index contributed by atoms with van der Waals surface area (Å²) in [5, 5.41) is 9.03. The minimum absolute atomic E-state index is 0.0691. The number of aromatic carboxylic acids is 1. The smallest absolute Gasteiger partial charge is 0.341 e. The van der Waals surface area contributed by atoms with Crippen LogP contribution in [0.25, 0.3) is 10.9 Å². The molecule has 3 rings (SSSR count). The molecule has 0 spiro atoms. The number of rotatable bonds is 5. The molecule has 2 heterocycles. The van der Waals surface area contributed by atoms with Crippen LogP contribution < -0.4 is 16.1 Å². The number of benzene rings is 1. The topological polar surface area (TPSA) is 88.6 Å². The number of nitrogens with two attached hydrogens (primary N) is 1. The number of fused-ring (bicyclic) bond motifs is 1. The number of carbonyl (C=O) groups is 1. The van der Waals surface area contributed by atoms with Gasteiger partial charge >= 0.3 is 5.97 Å². The number of hydrogen-bond donors (Lipinski definition) is 2. The molecule has 9 heteroatoms. The number of nitrogens with zero attached hydrogens (tertiary/aromatic N) is 2. The zero-order valence-corrected chi connectivity index (χ0v) is 14.7. The van der Waals surface area contributed by atoms with Crippen molar-refractivity contribution in [2.75, 3.05) is 31.3 Å². The second-order valence-electron chi connectivity index (χ2n) is 7.13. The SMILES string of the molecule is CC(CF)(CF)n1cc(C(=O)O)c(=O)c2cc(F)c(N3CC[C@H](N)C3)cc21. The van der Waals surface area contributed by atoms with Crippen LogP contribution in [0.15, 0.2) is 23.1 Å². The van der Waals surface area contributed by atoms with Gasteiger partial charge in [0.2, 0.25) is 5.43 Å². The molecule has 1 aromatic carbocycles. The third kappa shape index (κ3) is 3.16. The first kappa shape index (κ1) is 19.2. The third-order valence-electron chi connectivity index (χ3n) is 5.03. The van der Waals surface area contributed by atoms with Crippen molar-refractivity contribution >= 4 is 22.6 Å². The Hall–Kier alpha value is -2.55. The summed E-state index contributed by atoms with van der Waals surface area (Å²) in [7, 11) is 0. The van der Waals surface area contributed by atoms with Gasteiger partial charge in [-0.1, -0.05) is 0 Å². The van der Waals surface area contributed by atoms with E-state index in [1.807, 2.05) is 0 Å². The Morgan fingerprint density at radius 3 is 2.56 bits per heavy atom. The van der Waals surface area contributed by atoms with Crippen molar-refractivity contribution in [3.63, 3.8) is 0 Å². The lowest BCUT2D eigenvalue weighted by Crippen LogP contribution is -2.37. The minimum Gasteiger partial charge on any atom is -0.477 e. The Kier molecular flexibility index (Phi) is 4.90. The quantitative estimate of drug-likeness (QED) is 0.825. The summed E-state index contributed by atoms with van der Waals surface area (Å²) >= 11 is 0. The van der Waals surface area contributed by atoms with E-state index in [-0.39, 0.29) is 22.6 Å². The van der Waals surface area contributed by atoms with Crippen LogP contribution in [0, 0.1) is 5.82 Å². The number of alkyl halides is 2. The second-order valence-corrected chi connectivity index (χ2v) is 7.13. The molecule has 1 aliphatic heterocycles. The summed E-state index contributed by atoms with van der Waals surface area (Å²) in [5.41, 5.74) is 2.78. The molecule has 27 heavy (non-hydrogen) atoms. The zero-order chi connectivity index (χ0) is 19.9. The van der Waals surface area contributed by atoms with Gasteiger partial charge in [0.15, 0.2) is 0 Å². The number of aromatic nitrogens is 1. The normalized spacial score (nSPS) is 17.7. The lowest BCUT2D eigenvalue weighted by Gasteiger charge is -2.29. The van der Waals surface area contributed by atoms with Crippen molar-refractivity contribution in [1.82, 2.24) is 4.57 Å². The van der Waals surface area contributed by atoms with Crippen LogP contribution in [-0.2, 0) is 5.54 Å². The first-order chi connectivity index (χ1) is 12.7. The largest absolute Gasteiger partial charge is 0.477 e. The zero-order valence-electron chi connectivity index (χ0n) is 14.7. The fourth-order valence-corrected chi connectivity index (χ4v) is 3.35. The molecule has 0 unspecified atom stereocenters. The average Bonchev–Trinajstić information content (AvgIpc) is 3.07. The molecule has 1 atom stereocenters. The predicted molar refractivity (Wildman–Crippen MR) is 95.5 cm³/mol. The van der Waals surface area contributed by atoms with Crippen molar-refractivity contribution in [1.29, 1.82) is 0 Å². The van der Waals surface area contributed by atoms with Gasteiger partial charge in [0, 0.05) is 30.7 Å². The van der Waals surface area contributed by atoms with Crippen LogP contribution in [0.2, 0.25) is 0 Å². The first-order valence-electron chi connectivity index (χ1n) is 8.47. The van der Waals surface area contributed by atoms with Gasteiger partial charge in [0.1, 0.15) is 24.7 Å². The maximum atomic E-state index is 14.7. The molecule has 1 aliphatic rings. The number of halogens is 3. The second kappa shape index (κ2) is 6.88. The molecule has 1 aromatic heterocycles. The van der Waals surface area contributed by atoms with Gasteiger partial charge in [-0.3, -0.25) is 4.79 Å². The van der Waals surface area contributed by atoms with Crippen LogP contribution in [0.1, 0.15) is 23.7 Å². The van der Waals surface area contributed by atoms with Crippen molar-refractivity contribution in [2.24, 2.45) is 5.73 Å². The van der Waals surface area contributed by atoms with Crippen molar-refractivity contribution in [2.45, 2.75) is 24.9 Å². The fourth-order valence-electron chi connectivity index (χ4n) is 3.35. The number of carboxylic acids is 1. The summed E-state index contributed by atoms with van der Waals surface area (Å²) in [6, 6.07) is 2.13. The Morgan fingerprint density at radius 1 is 1.37 bits per heavy atom. The summed E-state index contributed by atoms with van der Waals surface area (Å²) in [6.45, 7) is -0.102. The Balaban J connectivity index is 2.35. The highest BCUT2D eigenvalue weighted by atomic mass is 19.1. The average molecular weight is 383 g/mol. The van der Waals surface area contributed by atoms with E-state index in [2.05, 4.69) is 0 Å². The van der Waals surface area contributed by atoms with Gasteiger partial charge in [-0.2, -0.15) is 0 Å². The molecule has 6 nitrogen and oxygen atoms in total. The van der Waals surface area contributed by atoms with Crippen LogP contribution in [-0.4, -0.2) is 48.1 Å². The van der Waals surface area contributed by atoms with E-state index in [9.17, 15) is 27.9 Å². The van der Waals surface area contributed by atoms with E-state index < -0.39 is 41.7 Å². The number of hydrogen-bond acceptors (Lipinski definition) is 4. The Labute approximate surface area is 153 Å². The van der Waals surface area contributed by atoms with E-state index in [0.29, 0.717) is 19.5 Å². The lowest BCUT2D eigenvalue weighted by atomic mass is 10.0. The molecule has 146 valence electrons. The lowest BCUT2D eigenvalue weighted by molar-refractivity contribution is 0.0693. The standard InChI is InChI=1S/C18H20F3N3O3/c1-18(8-19,9-20)24-7-12(17(26)27)16(25)11-4-13(21)15(5-14(11)24)23-3-2-10(22)6-23/h4-5,7,10H,2-3,6,8-9,22H2,1H3,(H,26,27)/t10-/m0/s1. The van der Waals surface area contributed by atoms with Crippen LogP contribution in [0.4, 0.5) is 18.9 Å². The van der Waals surface area contributed by atoms with Crippen molar-refractivity contribution < 1.29 is 23.1 Å². The molecule has 1 saturated heterocycles. The molecular weight excluding hydrogens is 363 g/mol. The van der Waals surface area contributed by atoms with Gasteiger partial charge < -0.3 is 20.3 Å². The van der Waals surface area contributed by atoms with Gasteiger partial charge in [0.25, 0.3) is 0 Å². The van der Waals surface area contributed by atoms with Crippen LogP contribution in [0.5, 0.6) is 0 Å². The molecular formula is C18H20F3N3O3. The maximum Gasteiger partial charge on any atom is 0.341 e.